The van der Waals surface area contributed by atoms with Crippen molar-refractivity contribution in [3.8, 4) is 11.3 Å². The molecule has 0 unspecified atom stereocenters. The van der Waals surface area contributed by atoms with Gasteiger partial charge in [-0.3, -0.25) is 14.4 Å². The molecule has 10 heteroatoms. The Morgan fingerprint density at radius 3 is 2.09 bits per heavy atom. The second-order valence-electron chi connectivity index (χ2n) is 7.38. The topological polar surface area (TPSA) is 98.9 Å². The molecule has 2 heterocycles. The monoisotopic (exact) mass is 463 g/mol. The second-order valence-corrected chi connectivity index (χ2v) is 7.38. The van der Waals surface area contributed by atoms with Crippen LogP contribution in [0.3, 0.4) is 0 Å². The Labute approximate surface area is 192 Å². The summed E-state index contributed by atoms with van der Waals surface area (Å²) in [5, 5.41) is 11.0. The molecule has 0 aliphatic rings. The highest BCUT2D eigenvalue weighted by atomic mass is 19.1. The fourth-order valence-electron chi connectivity index (χ4n) is 3.20. The maximum atomic E-state index is 13.1. The minimum Gasteiger partial charge on any atom is -0.349 e. The summed E-state index contributed by atoms with van der Waals surface area (Å²) in [6.45, 7) is 0.252. The van der Waals surface area contributed by atoms with Crippen LogP contribution in [-0.4, -0.2) is 32.0 Å². The van der Waals surface area contributed by atoms with Crippen molar-refractivity contribution in [3.05, 3.63) is 116 Å². The van der Waals surface area contributed by atoms with Gasteiger partial charge in [0, 0.05) is 24.2 Å². The summed E-state index contributed by atoms with van der Waals surface area (Å²) >= 11 is 0. The molecule has 0 radical (unpaired) electrons. The molecule has 2 aromatic heterocycles. The highest BCUT2D eigenvalue weighted by Gasteiger charge is 2.11. The first kappa shape index (κ1) is 22.7. The van der Waals surface area contributed by atoms with E-state index in [0.29, 0.717) is 16.8 Å². The van der Waals surface area contributed by atoms with Gasteiger partial charge in [0.2, 0.25) is 0 Å². The molecule has 1 amide bonds. The van der Waals surface area contributed by atoms with E-state index in [1.165, 1.54) is 59.3 Å². The molecule has 34 heavy (non-hydrogen) atoms. The van der Waals surface area contributed by atoms with Crippen LogP contribution in [0.2, 0.25) is 0 Å². The first-order valence-electron chi connectivity index (χ1n) is 10.3. The molecule has 0 spiro atoms. The molecule has 0 bridgehead atoms. The van der Waals surface area contributed by atoms with Crippen molar-refractivity contribution in [2.75, 3.05) is 6.54 Å². The fraction of sp³-hybridized carbons (Fsp3) is 0.125. The third-order valence-corrected chi connectivity index (χ3v) is 4.96. The molecule has 4 rings (SSSR count). The summed E-state index contributed by atoms with van der Waals surface area (Å²) in [7, 11) is 0. The van der Waals surface area contributed by atoms with E-state index in [1.54, 1.807) is 18.2 Å². The van der Waals surface area contributed by atoms with Crippen LogP contribution in [0.5, 0.6) is 0 Å². The number of halogens is 2. The third kappa shape index (κ3) is 5.47. The van der Waals surface area contributed by atoms with Gasteiger partial charge in [-0.2, -0.15) is 10.2 Å². The largest absolute Gasteiger partial charge is 0.349 e. The zero-order valence-electron chi connectivity index (χ0n) is 17.8. The lowest BCUT2D eigenvalue weighted by atomic mass is 10.1. The van der Waals surface area contributed by atoms with Crippen molar-refractivity contribution >= 4 is 5.91 Å². The summed E-state index contributed by atoms with van der Waals surface area (Å²) in [5.41, 5.74) is 1.04. The molecular formula is C24H19F2N5O3. The van der Waals surface area contributed by atoms with Crippen molar-refractivity contribution in [2.24, 2.45) is 0 Å². The Kier molecular flexibility index (Phi) is 6.67. The molecule has 4 aromatic rings. The van der Waals surface area contributed by atoms with Gasteiger partial charge >= 0.3 is 0 Å². The van der Waals surface area contributed by atoms with E-state index in [1.807, 2.05) is 0 Å². The van der Waals surface area contributed by atoms with Gasteiger partial charge in [-0.15, -0.1) is 0 Å². The highest BCUT2D eigenvalue weighted by Crippen LogP contribution is 2.15. The zero-order valence-corrected chi connectivity index (χ0v) is 17.8. The van der Waals surface area contributed by atoms with Crippen LogP contribution >= 0.6 is 0 Å². The molecule has 0 saturated heterocycles. The van der Waals surface area contributed by atoms with Crippen LogP contribution in [0.4, 0.5) is 8.78 Å². The van der Waals surface area contributed by atoms with E-state index in [-0.39, 0.29) is 36.7 Å². The standard InChI is InChI=1S/C24H19F2N5O3/c25-18-5-1-16(2-6-18)15-31-23(33)12-10-21(29-31)24(34)27-13-14-30-22(32)11-9-20(28-30)17-3-7-19(26)8-4-17/h1-12H,13-15H2,(H,27,34). The van der Waals surface area contributed by atoms with Crippen molar-refractivity contribution in [2.45, 2.75) is 13.1 Å². The van der Waals surface area contributed by atoms with Gasteiger partial charge in [0.05, 0.1) is 18.8 Å². The van der Waals surface area contributed by atoms with E-state index in [4.69, 9.17) is 0 Å². The number of amides is 1. The average Bonchev–Trinajstić information content (AvgIpc) is 2.83. The van der Waals surface area contributed by atoms with E-state index in [2.05, 4.69) is 15.5 Å². The summed E-state index contributed by atoms with van der Waals surface area (Å²) in [5.74, 6) is -1.30. The minimum atomic E-state index is -0.532. The Morgan fingerprint density at radius 1 is 0.765 bits per heavy atom. The molecule has 0 atom stereocenters. The highest BCUT2D eigenvalue weighted by molar-refractivity contribution is 5.91. The molecule has 0 saturated carbocycles. The summed E-state index contributed by atoms with van der Waals surface area (Å²) in [6, 6.07) is 16.7. The van der Waals surface area contributed by atoms with Gasteiger partial charge in [0.1, 0.15) is 17.3 Å². The van der Waals surface area contributed by atoms with Crippen LogP contribution in [0, 0.1) is 11.6 Å². The number of rotatable bonds is 7. The summed E-state index contributed by atoms with van der Waals surface area (Å²) in [4.78, 5) is 36.7. The van der Waals surface area contributed by atoms with E-state index in [0.717, 1.165) is 4.68 Å². The molecule has 1 N–H and O–H groups in total. The molecule has 2 aromatic carbocycles. The first-order valence-corrected chi connectivity index (χ1v) is 10.3. The van der Waals surface area contributed by atoms with Gasteiger partial charge in [-0.05, 0) is 54.1 Å². The Bertz CT molecular complexity index is 1430. The molecule has 0 fully saturated rings. The van der Waals surface area contributed by atoms with Crippen LogP contribution < -0.4 is 16.4 Å². The van der Waals surface area contributed by atoms with Gasteiger partial charge in [-0.25, -0.2) is 18.1 Å². The number of carbonyl (C=O) groups is 1. The van der Waals surface area contributed by atoms with Crippen molar-refractivity contribution in [1.29, 1.82) is 0 Å². The summed E-state index contributed by atoms with van der Waals surface area (Å²) in [6.07, 6.45) is 0. The van der Waals surface area contributed by atoms with Crippen LogP contribution in [0.15, 0.2) is 82.4 Å². The van der Waals surface area contributed by atoms with Gasteiger partial charge in [0.25, 0.3) is 17.0 Å². The number of hydrogen-bond donors (Lipinski definition) is 1. The predicted molar refractivity (Wildman–Crippen MR) is 120 cm³/mol. The molecule has 8 nitrogen and oxygen atoms in total. The normalized spacial score (nSPS) is 10.8. The van der Waals surface area contributed by atoms with E-state index < -0.39 is 17.3 Å². The van der Waals surface area contributed by atoms with Crippen LogP contribution in [-0.2, 0) is 13.1 Å². The Morgan fingerprint density at radius 2 is 1.38 bits per heavy atom. The van der Waals surface area contributed by atoms with Crippen LogP contribution in [0.1, 0.15) is 16.1 Å². The molecular weight excluding hydrogens is 444 g/mol. The number of aromatic nitrogens is 4. The van der Waals surface area contributed by atoms with Crippen molar-refractivity contribution < 1.29 is 13.6 Å². The number of nitrogens with zero attached hydrogens (tertiary/aromatic N) is 4. The zero-order chi connectivity index (χ0) is 24.1. The van der Waals surface area contributed by atoms with Gasteiger partial charge in [0.15, 0.2) is 0 Å². The average molecular weight is 463 g/mol. The third-order valence-electron chi connectivity index (χ3n) is 4.96. The second kappa shape index (κ2) is 9.99. The van der Waals surface area contributed by atoms with E-state index in [9.17, 15) is 23.2 Å². The maximum Gasteiger partial charge on any atom is 0.271 e. The first-order chi connectivity index (χ1) is 16.4. The smallest absolute Gasteiger partial charge is 0.271 e. The van der Waals surface area contributed by atoms with Crippen molar-refractivity contribution in [1.82, 2.24) is 24.9 Å². The lowest BCUT2D eigenvalue weighted by molar-refractivity contribution is 0.0944. The SMILES string of the molecule is O=C(NCCn1nc(-c2ccc(F)cc2)ccc1=O)c1ccc(=O)n(Cc2ccc(F)cc2)n1. The predicted octanol–water partition coefficient (Wildman–Crippen LogP) is 2.22. The quantitative estimate of drug-likeness (QED) is 0.453. The Balaban J connectivity index is 1.42. The molecule has 0 aliphatic heterocycles. The minimum absolute atomic E-state index is 0.0158. The maximum absolute atomic E-state index is 13.1. The number of nitrogens with one attached hydrogen (secondary N) is 1. The lowest BCUT2D eigenvalue weighted by Gasteiger charge is -2.10. The van der Waals surface area contributed by atoms with Crippen LogP contribution in [0.25, 0.3) is 11.3 Å². The molecule has 172 valence electrons. The lowest BCUT2D eigenvalue weighted by Crippen LogP contribution is -2.34. The Hall–Kier alpha value is -4.47. The number of hydrogen-bond acceptors (Lipinski definition) is 5. The van der Waals surface area contributed by atoms with Crippen molar-refractivity contribution in [3.63, 3.8) is 0 Å². The van der Waals surface area contributed by atoms with Gasteiger partial charge in [-0.1, -0.05) is 12.1 Å². The number of carbonyl (C=O) groups excluding carboxylic acids is 1. The fourth-order valence-corrected chi connectivity index (χ4v) is 3.20. The van der Waals surface area contributed by atoms with Gasteiger partial charge < -0.3 is 5.32 Å². The molecule has 0 aliphatic carbocycles. The van der Waals surface area contributed by atoms with E-state index >= 15 is 0 Å². The summed E-state index contributed by atoms with van der Waals surface area (Å²) < 4.78 is 28.5. The number of benzene rings is 2.